The molecule has 0 aromatic heterocycles. The van der Waals surface area contributed by atoms with Crippen LogP contribution >= 0.6 is 11.8 Å². The summed E-state index contributed by atoms with van der Waals surface area (Å²) in [4.78, 5) is 12.7. The third kappa shape index (κ3) is 8.12. The average molecular weight is 500 g/mol. The Morgan fingerprint density at radius 1 is 1.36 bits per heavy atom. The Kier molecular flexibility index (Phi) is 10.5. The Hall–Kier alpha value is -2.46. The molecule has 0 spiro atoms. The molecule has 1 amide bonds. The summed E-state index contributed by atoms with van der Waals surface area (Å²) in [5.41, 5.74) is 5.97. The first-order valence-corrected chi connectivity index (χ1v) is 12.8. The van der Waals surface area contributed by atoms with Crippen molar-refractivity contribution in [1.29, 1.82) is 5.41 Å². The van der Waals surface area contributed by atoms with Crippen molar-refractivity contribution in [1.82, 2.24) is 0 Å². The molecular formula is C23H31F2N3O3S2. The molecule has 0 aliphatic carbocycles. The van der Waals surface area contributed by atoms with Crippen LogP contribution in [-0.2, 0) is 21.3 Å². The number of nitrogens with two attached hydrogens (primary N) is 1. The highest BCUT2D eigenvalue weighted by Crippen LogP contribution is 2.31. The van der Waals surface area contributed by atoms with E-state index >= 15 is 0 Å². The monoisotopic (exact) mass is 499 g/mol. The molecule has 10 heteroatoms. The minimum absolute atomic E-state index is 0.0114. The maximum Gasteiger partial charge on any atom is 0.255 e. The summed E-state index contributed by atoms with van der Waals surface area (Å²) in [6, 6.07) is 4.37. The molecule has 1 aromatic rings. The fraction of sp³-hybridized carbons (Fsp3) is 0.391. The van der Waals surface area contributed by atoms with Gasteiger partial charge in [0.15, 0.2) is 9.84 Å². The number of amidine groups is 1. The highest BCUT2D eigenvalue weighted by atomic mass is 32.3. The van der Waals surface area contributed by atoms with Crippen LogP contribution in [0.15, 0.2) is 59.3 Å². The number of hydrogen-bond donors (Lipinski definition) is 3. The van der Waals surface area contributed by atoms with E-state index in [0.29, 0.717) is 10.6 Å². The molecule has 4 N–H and O–H groups in total. The second-order valence-corrected chi connectivity index (χ2v) is 11.9. The molecule has 0 bridgehead atoms. The van der Waals surface area contributed by atoms with Crippen LogP contribution in [0.2, 0.25) is 0 Å². The van der Waals surface area contributed by atoms with Crippen LogP contribution in [-0.4, -0.2) is 30.0 Å². The molecule has 0 heterocycles. The van der Waals surface area contributed by atoms with Gasteiger partial charge in [0.1, 0.15) is 28.2 Å². The number of sulfone groups is 1. The van der Waals surface area contributed by atoms with Crippen molar-refractivity contribution in [3.8, 4) is 0 Å². The zero-order chi connectivity index (χ0) is 25.4. The Morgan fingerprint density at radius 2 is 2.00 bits per heavy atom. The SMILES string of the molecule is C=C(/C=C\C(F)=C/C(C)CC)C(=O)Nc1ccc(CF)c(SCS(=O)(=O)C(C)(C)C(=N)N)c1. The lowest BCUT2D eigenvalue weighted by Crippen LogP contribution is -2.45. The molecule has 0 radical (unpaired) electrons. The van der Waals surface area contributed by atoms with Crippen molar-refractivity contribution < 1.29 is 22.0 Å². The zero-order valence-electron chi connectivity index (χ0n) is 19.2. The van der Waals surface area contributed by atoms with Crippen molar-refractivity contribution in [2.24, 2.45) is 11.7 Å². The number of thioether (sulfide) groups is 1. The number of halogens is 2. The number of carbonyl (C=O) groups is 1. The van der Waals surface area contributed by atoms with E-state index in [-0.39, 0.29) is 17.1 Å². The first-order valence-electron chi connectivity index (χ1n) is 10.2. The number of alkyl halides is 1. The maximum atomic E-state index is 13.8. The molecule has 0 aliphatic rings. The van der Waals surface area contributed by atoms with Gasteiger partial charge in [-0.3, -0.25) is 10.2 Å². The normalized spacial score (nSPS) is 13.7. The van der Waals surface area contributed by atoms with Gasteiger partial charge in [-0.2, -0.15) is 0 Å². The van der Waals surface area contributed by atoms with E-state index < -0.39 is 43.9 Å². The number of anilines is 1. The van der Waals surface area contributed by atoms with Crippen LogP contribution in [0.25, 0.3) is 0 Å². The first-order chi connectivity index (χ1) is 15.2. The van der Waals surface area contributed by atoms with E-state index in [4.69, 9.17) is 11.1 Å². The molecule has 1 atom stereocenters. The maximum absolute atomic E-state index is 13.8. The number of hydrogen-bond acceptors (Lipinski definition) is 5. The second-order valence-electron chi connectivity index (χ2n) is 8.01. The Balaban J connectivity index is 2.98. The van der Waals surface area contributed by atoms with Crippen LogP contribution < -0.4 is 11.1 Å². The van der Waals surface area contributed by atoms with E-state index in [2.05, 4.69) is 11.9 Å². The minimum atomic E-state index is -3.82. The topological polar surface area (TPSA) is 113 Å². The molecule has 0 aliphatic heterocycles. The fourth-order valence-corrected chi connectivity index (χ4v) is 5.41. The highest BCUT2D eigenvalue weighted by molar-refractivity contribution is 8.13. The first kappa shape index (κ1) is 28.6. The Morgan fingerprint density at radius 3 is 2.55 bits per heavy atom. The van der Waals surface area contributed by atoms with Gasteiger partial charge < -0.3 is 11.1 Å². The Labute approximate surface area is 198 Å². The van der Waals surface area contributed by atoms with Crippen LogP contribution in [0.4, 0.5) is 14.5 Å². The van der Waals surface area contributed by atoms with Gasteiger partial charge in [0.25, 0.3) is 5.91 Å². The third-order valence-electron chi connectivity index (χ3n) is 5.09. The van der Waals surface area contributed by atoms with Crippen LogP contribution in [0.1, 0.15) is 39.7 Å². The van der Waals surface area contributed by atoms with Gasteiger partial charge in [-0.15, -0.1) is 11.8 Å². The van der Waals surface area contributed by atoms with Gasteiger partial charge in [0.2, 0.25) is 0 Å². The molecule has 33 heavy (non-hydrogen) atoms. The lowest BCUT2D eigenvalue weighted by molar-refractivity contribution is -0.112. The summed E-state index contributed by atoms with van der Waals surface area (Å²) in [6.45, 7) is 9.26. The van der Waals surface area contributed by atoms with Crippen molar-refractivity contribution in [2.45, 2.75) is 50.4 Å². The summed E-state index contributed by atoms with van der Waals surface area (Å²) in [6.07, 6.45) is 4.64. The van der Waals surface area contributed by atoms with Crippen LogP contribution in [0.3, 0.4) is 0 Å². The van der Waals surface area contributed by atoms with Gasteiger partial charge in [-0.1, -0.05) is 26.5 Å². The summed E-state index contributed by atoms with van der Waals surface area (Å²) >= 11 is 0.869. The number of amides is 1. The molecule has 1 rings (SSSR count). The van der Waals surface area contributed by atoms with Crippen molar-refractivity contribution in [3.63, 3.8) is 0 Å². The van der Waals surface area contributed by atoms with E-state index in [1.807, 2.05) is 13.8 Å². The molecule has 6 nitrogen and oxygen atoms in total. The number of allylic oxidation sites excluding steroid dienone is 3. The van der Waals surface area contributed by atoms with E-state index in [9.17, 15) is 22.0 Å². The van der Waals surface area contributed by atoms with Gasteiger partial charge >= 0.3 is 0 Å². The smallest absolute Gasteiger partial charge is 0.255 e. The minimum Gasteiger partial charge on any atom is -0.386 e. The average Bonchev–Trinajstić information content (AvgIpc) is 2.75. The molecule has 1 aromatic carbocycles. The summed E-state index contributed by atoms with van der Waals surface area (Å²) in [7, 11) is -3.82. The van der Waals surface area contributed by atoms with E-state index in [1.54, 1.807) is 0 Å². The van der Waals surface area contributed by atoms with Gasteiger partial charge in [0.05, 0.1) is 0 Å². The lowest BCUT2D eigenvalue weighted by Gasteiger charge is -2.23. The lowest BCUT2D eigenvalue weighted by atomic mass is 10.1. The second kappa shape index (κ2) is 12.1. The quantitative estimate of drug-likeness (QED) is 0.119. The number of rotatable bonds is 12. The molecule has 0 fully saturated rings. The third-order valence-corrected chi connectivity index (χ3v) is 9.27. The van der Waals surface area contributed by atoms with Gasteiger partial charge in [-0.25, -0.2) is 17.2 Å². The molecular weight excluding hydrogens is 468 g/mol. The standard InChI is InChI=1S/C23H31F2N3O3S2/c1-6-15(2)11-18(25)9-7-16(3)21(29)28-19-10-8-17(13-24)20(12-19)32-14-33(30,31)23(4,5)22(26)27/h7-12,15H,3,6,13-14H2,1-2,4-5H3,(H3,26,27)(H,28,29)/b9-7-,18-11+. The van der Waals surface area contributed by atoms with E-state index in [0.717, 1.165) is 24.3 Å². The summed E-state index contributed by atoms with van der Waals surface area (Å²) in [5.74, 6) is -1.49. The Bertz CT molecular complexity index is 1060. The van der Waals surface area contributed by atoms with Crippen molar-refractivity contribution in [3.05, 3.63) is 60.0 Å². The van der Waals surface area contributed by atoms with Gasteiger partial charge in [0, 0.05) is 16.2 Å². The van der Waals surface area contributed by atoms with Crippen molar-refractivity contribution in [2.75, 3.05) is 10.4 Å². The number of benzene rings is 1. The summed E-state index contributed by atoms with van der Waals surface area (Å²) in [5, 5.41) is 9.66. The molecule has 1 unspecified atom stereocenters. The van der Waals surface area contributed by atoms with E-state index in [1.165, 1.54) is 44.2 Å². The predicted molar refractivity (Wildman–Crippen MR) is 132 cm³/mol. The molecule has 182 valence electrons. The molecule has 0 saturated carbocycles. The number of nitrogens with one attached hydrogen (secondary N) is 2. The van der Waals surface area contributed by atoms with Crippen LogP contribution in [0, 0.1) is 11.3 Å². The predicted octanol–water partition coefficient (Wildman–Crippen LogP) is 5.29. The zero-order valence-corrected chi connectivity index (χ0v) is 20.9. The number of carbonyl (C=O) groups excluding carboxylic acids is 1. The van der Waals surface area contributed by atoms with Gasteiger partial charge in [-0.05, 0) is 62.1 Å². The largest absolute Gasteiger partial charge is 0.386 e. The van der Waals surface area contributed by atoms with Crippen LogP contribution in [0.5, 0.6) is 0 Å². The highest BCUT2D eigenvalue weighted by Gasteiger charge is 2.37. The molecule has 0 saturated heterocycles. The fourth-order valence-electron chi connectivity index (χ4n) is 2.25. The van der Waals surface area contributed by atoms with Crippen molar-refractivity contribution >= 4 is 39.0 Å². The summed E-state index contributed by atoms with van der Waals surface area (Å²) < 4.78 is 50.8.